The predicted octanol–water partition coefficient (Wildman–Crippen LogP) is 3.38. The minimum Gasteiger partial charge on any atom is -0.325 e. The van der Waals surface area contributed by atoms with E-state index in [-0.39, 0.29) is 0 Å². The average molecular weight is 299 g/mol. The molecular weight excluding hydrogens is 287 g/mol. The molecule has 0 heterocycles. The van der Waals surface area contributed by atoms with Crippen molar-refractivity contribution in [2.45, 2.75) is 20.3 Å². The largest absolute Gasteiger partial charge is 0.325 e. The van der Waals surface area contributed by atoms with E-state index in [1.807, 2.05) is 6.07 Å². The molecule has 0 aliphatic carbocycles. The number of hydrogen-bond acceptors (Lipinski definition) is 2. The number of hydrogen-bond donors (Lipinski definition) is 1. The maximum absolute atomic E-state index is 13.3. The number of carbonyl (C=O) groups is 1. The van der Waals surface area contributed by atoms with Gasteiger partial charge in [-0.1, -0.05) is 6.92 Å². The quantitative estimate of drug-likeness (QED) is 0.930. The number of amides is 1. The fraction of sp³-hybridized carbons (Fsp3) is 0.333. The van der Waals surface area contributed by atoms with E-state index in [1.54, 1.807) is 19.9 Å². The van der Waals surface area contributed by atoms with E-state index < -0.39 is 17.6 Å². The molecule has 0 fully saturated rings. The standard InChI is InChI=1S/C12H12BrFN2O/c1-3-8(6-15)12(17)16-11-5-10(14)9(13)4-7(11)2/h4-5,8H,3H2,1-2H3,(H,16,17). The molecule has 1 unspecified atom stereocenters. The molecule has 0 bridgehead atoms. The number of halogens is 2. The SMILES string of the molecule is CCC(C#N)C(=O)Nc1cc(F)c(Br)cc1C. The number of rotatable bonds is 3. The molecule has 1 N–H and O–H groups in total. The van der Waals surface area contributed by atoms with Gasteiger partial charge in [-0.15, -0.1) is 0 Å². The Morgan fingerprint density at radius 1 is 1.65 bits per heavy atom. The van der Waals surface area contributed by atoms with Crippen LogP contribution in [0.25, 0.3) is 0 Å². The first-order chi connectivity index (χ1) is 7.99. The molecule has 90 valence electrons. The van der Waals surface area contributed by atoms with Crippen LogP contribution in [-0.4, -0.2) is 5.91 Å². The molecule has 5 heteroatoms. The zero-order valence-electron chi connectivity index (χ0n) is 9.55. The van der Waals surface area contributed by atoms with Crippen LogP contribution in [-0.2, 0) is 4.79 Å². The van der Waals surface area contributed by atoms with Crippen LogP contribution in [0, 0.1) is 30.0 Å². The third-order valence-corrected chi connectivity index (χ3v) is 3.01. The predicted molar refractivity (Wildman–Crippen MR) is 66.9 cm³/mol. The maximum Gasteiger partial charge on any atom is 0.241 e. The van der Waals surface area contributed by atoms with Gasteiger partial charge in [0.15, 0.2) is 0 Å². The van der Waals surface area contributed by atoms with Gasteiger partial charge in [0.05, 0.1) is 10.5 Å². The van der Waals surface area contributed by atoms with E-state index >= 15 is 0 Å². The lowest BCUT2D eigenvalue weighted by molar-refractivity contribution is -0.118. The van der Waals surface area contributed by atoms with Crippen LogP contribution in [0.15, 0.2) is 16.6 Å². The molecule has 0 saturated carbocycles. The second-order valence-corrected chi connectivity index (χ2v) is 4.51. The van der Waals surface area contributed by atoms with Gasteiger partial charge in [-0.2, -0.15) is 5.26 Å². The van der Waals surface area contributed by atoms with Crippen LogP contribution in [0.2, 0.25) is 0 Å². The van der Waals surface area contributed by atoms with Crippen molar-refractivity contribution < 1.29 is 9.18 Å². The summed E-state index contributed by atoms with van der Waals surface area (Å²) >= 11 is 3.06. The molecule has 0 radical (unpaired) electrons. The first-order valence-corrected chi connectivity index (χ1v) is 5.95. The molecule has 1 rings (SSSR count). The number of carbonyl (C=O) groups excluding carboxylic acids is 1. The van der Waals surface area contributed by atoms with E-state index in [0.717, 1.165) is 5.56 Å². The second-order valence-electron chi connectivity index (χ2n) is 3.66. The van der Waals surface area contributed by atoms with Crippen LogP contribution in [0.4, 0.5) is 10.1 Å². The summed E-state index contributed by atoms with van der Waals surface area (Å²) < 4.78 is 13.7. The molecule has 1 aromatic carbocycles. The molecule has 1 atom stereocenters. The molecule has 0 aromatic heterocycles. The number of aryl methyl sites for hydroxylation is 1. The van der Waals surface area contributed by atoms with Crippen molar-refractivity contribution in [3.63, 3.8) is 0 Å². The topological polar surface area (TPSA) is 52.9 Å². The van der Waals surface area contributed by atoms with Gasteiger partial charge in [0.1, 0.15) is 11.7 Å². The Bertz CT molecular complexity index is 482. The summed E-state index contributed by atoms with van der Waals surface area (Å²) in [7, 11) is 0. The minimum atomic E-state index is -0.707. The molecular formula is C12H12BrFN2O. The highest BCUT2D eigenvalue weighted by Crippen LogP contribution is 2.24. The van der Waals surface area contributed by atoms with Crippen molar-refractivity contribution in [2.24, 2.45) is 5.92 Å². The van der Waals surface area contributed by atoms with E-state index in [4.69, 9.17) is 5.26 Å². The summed E-state index contributed by atoms with van der Waals surface area (Å²) in [5.41, 5.74) is 1.13. The second kappa shape index (κ2) is 5.78. The van der Waals surface area contributed by atoms with Crippen molar-refractivity contribution in [1.82, 2.24) is 0 Å². The van der Waals surface area contributed by atoms with Crippen molar-refractivity contribution in [3.8, 4) is 6.07 Å². The van der Waals surface area contributed by atoms with Crippen molar-refractivity contribution >= 4 is 27.5 Å². The van der Waals surface area contributed by atoms with Gasteiger partial charge in [-0.25, -0.2) is 4.39 Å². The van der Waals surface area contributed by atoms with Gasteiger partial charge < -0.3 is 5.32 Å². The van der Waals surface area contributed by atoms with Gasteiger partial charge in [-0.05, 0) is 47.0 Å². The fourth-order valence-corrected chi connectivity index (χ4v) is 1.79. The normalized spacial score (nSPS) is 11.7. The highest BCUT2D eigenvalue weighted by Gasteiger charge is 2.16. The van der Waals surface area contributed by atoms with Gasteiger partial charge in [-0.3, -0.25) is 4.79 Å². The van der Waals surface area contributed by atoms with Crippen molar-refractivity contribution in [2.75, 3.05) is 5.32 Å². The van der Waals surface area contributed by atoms with Gasteiger partial charge in [0.2, 0.25) is 5.91 Å². The minimum absolute atomic E-state index is 0.348. The lowest BCUT2D eigenvalue weighted by Gasteiger charge is -2.11. The van der Waals surface area contributed by atoms with Crippen LogP contribution in [0.1, 0.15) is 18.9 Å². The van der Waals surface area contributed by atoms with Crippen LogP contribution in [0.5, 0.6) is 0 Å². The number of benzene rings is 1. The van der Waals surface area contributed by atoms with E-state index in [9.17, 15) is 9.18 Å². The number of anilines is 1. The molecule has 3 nitrogen and oxygen atoms in total. The zero-order valence-corrected chi connectivity index (χ0v) is 11.1. The molecule has 1 aromatic rings. The first kappa shape index (κ1) is 13.7. The molecule has 17 heavy (non-hydrogen) atoms. The van der Waals surface area contributed by atoms with Crippen molar-refractivity contribution in [3.05, 3.63) is 28.0 Å². The van der Waals surface area contributed by atoms with Gasteiger partial charge in [0, 0.05) is 5.69 Å². The molecule has 0 spiro atoms. The Hall–Kier alpha value is -1.41. The summed E-state index contributed by atoms with van der Waals surface area (Å²) in [4.78, 5) is 11.7. The fourth-order valence-electron chi connectivity index (χ4n) is 1.34. The average Bonchev–Trinajstić information content (AvgIpc) is 2.27. The summed E-state index contributed by atoms with van der Waals surface area (Å²) in [6, 6.07) is 4.72. The third-order valence-electron chi connectivity index (χ3n) is 2.41. The number of nitrogens with one attached hydrogen (secondary N) is 1. The molecule has 1 amide bonds. The van der Waals surface area contributed by atoms with Crippen LogP contribution < -0.4 is 5.32 Å². The Labute approximate surface area is 108 Å². The lowest BCUT2D eigenvalue weighted by Crippen LogP contribution is -2.21. The number of nitriles is 1. The van der Waals surface area contributed by atoms with E-state index in [0.29, 0.717) is 16.6 Å². The summed E-state index contributed by atoms with van der Waals surface area (Å²) in [6.07, 6.45) is 0.431. The van der Waals surface area contributed by atoms with Gasteiger partial charge >= 0.3 is 0 Å². The summed E-state index contributed by atoms with van der Waals surface area (Å²) in [5, 5.41) is 11.3. The molecule has 0 aliphatic heterocycles. The monoisotopic (exact) mass is 298 g/mol. The maximum atomic E-state index is 13.3. The summed E-state index contributed by atoms with van der Waals surface area (Å²) in [5.74, 6) is -1.56. The molecule has 0 aliphatic rings. The Kier molecular flexibility index (Phi) is 4.64. The summed E-state index contributed by atoms with van der Waals surface area (Å²) in [6.45, 7) is 3.51. The van der Waals surface area contributed by atoms with Crippen LogP contribution in [0.3, 0.4) is 0 Å². The Morgan fingerprint density at radius 3 is 2.82 bits per heavy atom. The first-order valence-electron chi connectivity index (χ1n) is 5.15. The number of nitrogens with zero attached hydrogens (tertiary/aromatic N) is 1. The van der Waals surface area contributed by atoms with Crippen LogP contribution >= 0.6 is 15.9 Å². The smallest absolute Gasteiger partial charge is 0.241 e. The Morgan fingerprint density at radius 2 is 2.29 bits per heavy atom. The van der Waals surface area contributed by atoms with E-state index in [1.165, 1.54) is 6.07 Å². The van der Waals surface area contributed by atoms with E-state index in [2.05, 4.69) is 21.2 Å². The van der Waals surface area contributed by atoms with Crippen molar-refractivity contribution in [1.29, 1.82) is 5.26 Å². The lowest BCUT2D eigenvalue weighted by atomic mass is 10.1. The highest BCUT2D eigenvalue weighted by molar-refractivity contribution is 9.10. The third kappa shape index (κ3) is 3.27. The molecule has 0 saturated heterocycles. The van der Waals surface area contributed by atoms with Gasteiger partial charge in [0.25, 0.3) is 0 Å². The Balaban J connectivity index is 2.93. The highest BCUT2D eigenvalue weighted by atomic mass is 79.9. The zero-order chi connectivity index (χ0) is 13.0.